The topological polar surface area (TPSA) is 12.5 Å². The van der Waals surface area contributed by atoms with Crippen molar-refractivity contribution < 1.29 is 4.74 Å². The summed E-state index contributed by atoms with van der Waals surface area (Å²) in [7, 11) is 0. The lowest BCUT2D eigenvalue weighted by atomic mass is 10.3. The van der Waals surface area contributed by atoms with E-state index in [-0.39, 0.29) is 0 Å². The van der Waals surface area contributed by atoms with Gasteiger partial charge in [0.1, 0.15) is 0 Å². The molecule has 0 radical (unpaired) electrons. The van der Waals surface area contributed by atoms with E-state index in [9.17, 15) is 0 Å². The van der Waals surface area contributed by atoms with E-state index in [1.807, 2.05) is 0 Å². The second kappa shape index (κ2) is 3.60. The van der Waals surface area contributed by atoms with Gasteiger partial charge in [-0.1, -0.05) is 11.9 Å². The zero-order valence-corrected chi connectivity index (χ0v) is 7.65. The Morgan fingerprint density at radius 1 is 1.30 bits per heavy atom. The smallest absolute Gasteiger partial charge is 0.0687 e. The highest BCUT2D eigenvalue weighted by molar-refractivity contribution is 7.96. The molecule has 1 rings (SSSR count). The van der Waals surface area contributed by atoms with Gasteiger partial charge in [-0.25, -0.2) is 4.31 Å². The Morgan fingerprint density at radius 2 is 1.80 bits per heavy atom. The number of rotatable bonds is 1. The number of hydrogen-bond donors (Lipinski definition) is 0. The Balaban J connectivity index is 2.35. The zero-order valence-electron chi connectivity index (χ0n) is 6.83. The molecule has 0 aromatic heterocycles. The van der Waals surface area contributed by atoms with Crippen LogP contribution in [-0.4, -0.2) is 35.9 Å². The molecule has 3 heteroatoms. The molecule has 0 N–H and O–H groups in total. The van der Waals surface area contributed by atoms with Crippen LogP contribution in [0.1, 0.15) is 13.8 Å². The summed E-state index contributed by atoms with van der Waals surface area (Å²) in [6, 6.07) is 0. The van der Waals surface area contributed by atoms with Crippen molar-refractivity contribution in [3.8, 4) is 0 Å². The van der Waals surface area contributed by atoms with Crippen LogP contribution in [0.25, 0.3) is 0 Å². The molecule has 1 aliphatic heterocycles. The molecule has 0 aromatic carbocycles. The molecule has 0 unspecified atom stereocenters. The molecular weight excluding hydrogens is 146 g/mol. The van der Waals surface area contributed by atoms with Crippen molar-refractivity contribution in [1.82, 2.24) is 4.31 Å². The van der Waals surface area contributed by atoms with E-state index >= 15 is 0 Å². The van der Waals surface area contributed by atoms with E-state index in [4.69, 9.17) is 4.74 Å². The highest BCUT2D eigenvalue weighted by Gasteiger charge is 2.20. The number of ether oxygens (including phenoxy) is 1. The summed E-state index contributed by atoms with van der Waals surface area (Å²) in [6.07, 6.45) is 2.91. The molecule has 0 amide bonds. The highest BCUT2D eigenvalue weighted by atomic mass is 32.2. The summed E-state index contributed by atoms with van der Waals surface area (Å²) in [5, 5.41) is 0. The van der Waals surface area contributed by atoms with Crippen LogP contribution in [0, 0.1) is 0 Å². The first-order valence-corrected chi connectivity index (χ1v) is 4.85. The monoisotopic (exact) mass is 161 g/mol. The first-order chi connectivity index (χ1) is 4.72. The Bertz CT molecular complexity index is 99.8. The largest absolute Gasteiger partial charge is 0.373 e. The predicted octanol–water partition coefficient (Wildman–Crippen LogP) is 1.37. The molecule has 1 fully saturated rings. The van der Waals surface area contributed by atoms with Crippen LogP contribution in [0.3, 0.4) is 0 Å². The number of nitrogens with zero attached hydrogens (tertiary/aromatic N) is 1. The summed E-state index contributed by atoms with van der Waals surface area (Å²) < 4.78 is 7.91. The second-order valence-corrected chi connectivity index (χ2v) is 3.67. The SMILES string of the molecule is CSN1C[C@H](C)O[C@@H](C)C1. The lowest BCUT2D eigenvalue weighted by Crippen LogP contribution is -2.41. The molecule has 0 aliphatic carbocycles. The third-order valence-corrected chi connectivity index (χ3v) is 2.46. The summed E-state index contributed by atoms with van der Waals surface area (Å²) in [5.74, 6) is 0. The average molecular weight is 161 g/mol. The van der Waals surface area contributed by atoms with Crippen molar-refractivity contribution in [1.29, 1.82) is 0 Å². The molecule has 2 atom stereocenters. The van der Waals surface area contributed by atoms with Gasteiger partial charge in [-0.3, -0.25) is 0 Å². The van der Waals surface area contributed by atoms with Gasteiger partial charge in [-0.05, 0) is 20.1 Å². The molecular formula is C7H15NOS. The molecule has 60 valence electrons. The molecule has 0 bridgehead atoms. The van der Waals surface area contributed by atoms with Crippen molar-refractivity contribution in [3.05, 3.63) is 0 Å². The van der Waals surface area contributed by atoms with Gasteiger partial charge in [-0.2, -0.15) is 0 Å². The van der Waals surface area contributed by atoms with Gasteiger partial charge < -0.3 is 4.74 Å². The molecule has 1 aliphatic rings. The summed E-state index contributed by atoms with van der Waals surface area (Å²) >= 11 is 1.81. The van der Waals surface area contributed by atoms with Crippen molar-refractivity contribution in [2.75, 3.05) is 19.3 Å². The van der Waals surface area contributed by atoms with Crippen molar-refractivity contribution in [3.63, 3.8) is 0 Å². The Hall–Kier alpha value is 0.270. The first kappa shape index (κ1) is 8.37. The van der Waals surface area contributed by atoms with Crippen LogP contribution >= 0.6 is 11.9 Å². The maximum Gasteiger partial charge on any atom is 0.0687 e. The first-order valence-electron chi connectivity index (χ1n) is 3.67. The molecule has 0 saturated carbocycles. The summed E-state index contributed by atoms with van der Waals surface area (Å²) in [6.45, 7) is 6.37. The molecule has 2 nitrogen and oxygen atoms in total. The van der Waals surface area contributed by atoms with Crippen molar-refractivity contribution in [2.24, 2.45) is 0 Å². The average Bonchev–Trinajstić information content (AvgIpc) is 1.85. The Morgan fingerprint density at radius 3 is 2.20 bits per heavy atom. The summed E-state index contributed by atoms with van der Waals surface area (Å²) in [4.78, 5) is 0. The lowest BCUT2D eigenvalue weighted by Gasteiger charge is -2.33. The molecule has 10 heavy (non-hydrogen) atoms. The maximum absolute atomic E-state index is 5.56. The number of hydrogen-bond acceptors (Lipinski definition) is 3. The van der Waals surface area contributed by atoms with E-state index in [1.165, 1.54) is 0 Å². The van der Waals surface area contributed by atoms with Crippen molar-refractivity contribution >= 4 is 11.9 Å². The molecule has 1 saturated heterocycles. The van der Waals surface area contributed by atoms with E-state index in [1.54, 1.807) is 11.9 Å². The minimum absolute atomic E-state index is 0.399. The van der Waals surface area contributed by atoms with E-state index in [0.29, 0.717) is 12.2 Å². The van der Waals surface area contributed by atoms with Crippen LogP contribution in [0.15, 0.2) is 0 Å². The minimum Gasteiger partial charge on any atom is -0.373 e. The van der Waals surface area contributed by atoms with Gasteiger partial charge in [-0.15, -0.1) is 0 Å². The maximum atomic E-state index is 5.56. The van der Waals surface area contributed by atoms with E-state index < -0.39 is 0 Å². The van der Waals surface area contributed by atoms with Crippen LogP contribution in [0.5, 0.6) is 0 Å². The van der Waals surface area contributed by atoms with E-state index in [0.717, 1.165) is 13.1 Å². The normalized spacial score (nSPS) is 36.3. The fraction of sp³-hybridized carbons (Fsp3) is 1.00. The van der Waals surface area contributed by atoms with Crippen LogP contribution in [0.4, 0.5) is 0 Å². The predicted molar refractivity (Wildman–Crippen MR) is 45.1 cm³/mol. The fourth-order valence-corrected chi connectivity index (χ4v) is 2.00. The van der Waals surface area contributed by atoms with Gasteiger partial charge in [0.15, 0.2) is 0 Å². The van der Waals surface area contributed by atoms with Crippen LogP contribution < -0.4 is 0 Å². The second-order valence-electron chi connectivity index (χ2n) is 2.79. The van der Waals surface area contributed by atoms with Crippen LogP contribution in [-0.2, 0) is 4.74 Å². The number of morpholine rings is 1. The zero-order chi connectivity index (χ0) is 7.56. The quantitative estimate of drug-likeness (QED) is 0.539. The van der Waals surface area contributed by atoms with Gasteiger partial charge in [0.25, 0.3) is 0 Å². The summed E-state index contributed by atoms with van der Waals surface area (Å²) in [5.41, 5.74) is 0. The van der Waals surface area contributed by atoms with Crippen LogP contribution in [0.2, 0.25) is 0 Å². The standard InChI is InChI=1S/C7H15NOS/c1-6-4-8(10-3)5-7(2)9-6/h6-7H,4-5H2,1-3H3/t6-,7-/m0/s1. The third-order valence-electron chi connectivity index (χ3n) is 1.64. The Kier molecular flexibility index (Phi) is 3.01. The fourth-order valence-electron chi connectivity index (χ4n) is 1.28. The van der Waals surface area contributed by atoms with E-state index in [2.05, 4.69) is 24.4 Å². The molecule has 0 aromatic rings. The van der Waals surface area contributed by atoms with Gasteiger partial charge in [0, 0.05) is 13.1 Å². The van der Waals surface area contributed by atoms with Gasteiger partial charge in [0.2, 0.25) is 0 Å². The third kappa shape index (κ3) is 2.15. The Labute approximate surface area is 67.1 Å². The van der Waals surface area contributed by atoms with Gasteiger partial charge >= 0.3 is 0 Å². The minimum atomic E-state index is 0.399. The molecule has 0 spiro atoms. The lowest BCUT2D eigenvalue weighted by molar-refractivity contribution is -0.0413. The molecule has 1 heterocycles. The van der Waals surface area contributed by atoms with Gasteiger partial charge in [0.05, 0.1) is 12.2 Å². The highest BCUT2D eigenvalue weighted by Crippen LogP contribution is 2.15. The van der Waals surface area contributed by atoms with Crippen molar-refractivity contribution in [2.45, 2.75) is 26.1 Å².